The highest BCUT2D eigenvalue weighted by Gasteiger charge is 2.29. The van der Waals surface area contributed by atoms with Crippen LogP contribution in [-0.2, 0) is 25.3 Å². The summed E-state index contributed by atoms with van der Waals surface area (Å²) >= 11 is 0. The fourth-order valence-electron chi connectivity index (χ4n) is 3.05. The highest BCUT2D eigenvalue weighted by Crippen LogP contribution is 2.21. The molecule has 0 radical (unpaired) electrons. The van der Waals surface area contributed by atoms with Gasteiger partial charge >= 0.3 is 5.97 Å². The number of aromatic nitrogens is 1. The largest absolute Gasteiger partial charge is 0.480 e. The number of carbonyl (C=O) groups is 1. The lowest BCUT2D eigenvalue weighted by molar-refractivity contribution is -0.139. The normalized spacial score (nSPS) is 19.1. The molecule has 1 saturated heterocycles. The molecule has 0 saturated carbocycles. The molecule has 134 valence electrons. The van der Waals surface area contributed by atoms with E-state index in [2.05, 4.69) is 9.71 Å². The van der Waals surface area contributed by atoms with E-state index in [0.717, 1.165) is 11.8 Å². The molecule has 1 aliphatic heterocycles. The molecule has 3 rings (SSSR count). The summed E-state index contributed by atoms with van der Waals surface area (Å²) in [7, 11) is -3.82. The van der Waals surface area contributed by atoms with Crippen LogP contribution < -0.4 is 4.72 Å². The number of para-hydroxylation sites is 1. The predicted octanol–water partition coefficient (Wildman–Crippen LogP) is 1.53. The topological polar surface area (TPSA) is 106 Å². The summed E-state index contributed by atoms with van der Waals surface area (Å²) in [5.74, 6) is -1.43. The van der Waals surface area contributed by atoms with E-state index in [9.17, 15) is 18.3 Å². The number of sulfonamides is 1. The fraction of sp³-hybridized carbons (Fsp3) is 0.412. The average Bonchev–Trinajstić information content (AvgIpc) is 3.07. The zero-order valence-corrected chi connectivity index (χ0v) is 14.4. The third-order valence-electron chi connectivity index (χ3n) is 4.27. The van der Waals surface area contributed by atoms with Crippen molar-refractivity contribution in [3.63, 3.8) is 0 Å². The highest BCUT2D eigenvalue weighted by molar-refractivity contribution is 7.88. The first-order chi connectivity index (χ1) is 11.9. The van der Waals surface area contributed by atoms with Crippen molar-refractivity contribution in [2.75, 3.05) is 13.2 Å². The lowest BCUT2D eigenvalue weighted by Gasteiger charge is -2.18. The SMILES string of the molecule is O=C(O)C(CC1CCOC1)NS(=O)(=O)Cc1cccc2cccnc12. The molecule has 2 atom stereocenters. The Morgan fingerprint density at radius 2 is 2.16 bits per heavy atom. The fourth-order valence-corrected chi connectivity index (χ4v) is 4.41. The van der Waals surface area contributed by atoms with Gasteiger partial charge in [-0.25, -0.2) is 13.1 Å². The van der Waals surface area contributed by atoms with E-state index in [1.165, 1.54) is 0 Å². The molecule has 8 heteroatoms. The second-order valence-electron chi connectivity index (χ2n) is 6.23. The minimum atomic E-state index is -3.82. The molecule has 0 amide bonds. The number of aliphatic carboxylic acids is 1. The number of benzene rings is 1. The third-order valence-corrected chi connectivity index (χ3v) is 5.61. The Bertz CT molecular complexity index is 857. The molecule has 0 aliphatic carbocycles. The maximum absolute atomic E-state index is 12.5. The van der Waals surface area contributed by atoms with Crippen molar-refractivity contribution in [1.29, 1.82) is 0 Å². The van der Waals surface area contributed by atoms with E-state index in [-0.39, 0.29) is 18.1 Å². The molecule has 0 bridgehead atoms. The zero-order valence-electron chi connectivity index (χ0n) is 13.6. The van der Waals surface area contributed by atoms with Crippen molar-refractivity contribution in [2.45, 2.75) is 24.6 Å². The van der Waals surface area contributed by atoms with Crippen LogP contribution in [-0.4, -0.2) is 43.7 Å². The average molecular weight is 364 g/mol. The number of pyridine rings is 1. The van der Waals surface area contributed by atoms with Crippen LogP contribution in [0, 0.1) is 5.92 Å². The molecular weight excluding hydrogens is 344 g/mol. The highest BCUT2D eigenvalue weighted by atomic mass is 32.2. The minimum absolute atomic E-state index is 0.0584. The Morgan fingerprint density at radius 3 is 2.88 bits per heavy atom. The summed E-state index contributed by atoms with van der Waals surface area (Å²) in [5.41, 5.74) is 1.14. The first-order valence-electron chi connectivity index (χ1n) is 8.08. The van der Waals surface area contributed by atoms with Gasteiger partial charge in [-0.1, -0.05) is 24.3 Å². The first-order valence-corrected chi connectivity index (χ1v) is 9.73. The molecule has 0 spiro atoms. The summed E-state index contributed by atoms with van der Waals surface area (Å²) in [4.78, 5) is 15.7. The van der Waals surface area contributed by atoms with Gasteiger partial charge in [0.1, 0.15) is 6.04 Å². The number of carboxylic acids is 1. The van der Waals surface area contributed by atoms with Gasteiger partial charge in [-0.3, -0.25) is 9.78 Å². The van der Waals surface area contributed by atoms with Crippen LogP contribution in [0.4, 0.5) is 0 Å². The Kier molecular flexibility index (Phi) is 5.31. The van der Waals surface area contributed by atoms with E-state index in [1.807, 2.05) is 12.1 Å². The summed E-state index contributed by atoms with van der Waals surface area (Å²) in [6, 6.07) is 7.79. The van der Waals surface area contributed by atoms with Gasteiger partial charge < -0.3 is 9.84 Å². The van der Waals surface area contributed by atoms with Crippen molar-refractivity contribution < 1.29 is 23.1 Å². The van der Waals surface area contributed by atoms with Gasteiger partial charge in [0, 0.05) is 24.8 Å². The minimum Gasteiger partial charge on any atom is -0.480 e. The van der Waals surface area contributed by atoms with E-state index in [1.54, 1.807) is 24.4 Å². The summed E-state index contributed by atoms with van der Waals surface area (Å²) < 4.78 is 32.6. The lowest BCUT2D eigenvalue weighted by atomic mass is 10.00. The molecule has 7 nitrogen and oxygen atoms in total. The van der Waals surface area contributed by atoms with Crippen molar-refractivity contribution in [3.8, 4) is 0 Å². The molecule has 2 heterocycles. The second-order valence-corrected chi connectivity index (χ2v) is 7.98. The van der Waals surface area contributed by atoms with Crippen LogP contribution in [0.25, 0.3) is 10.9 Å². The van der Waals surface area contributed by atoms with Gasteiger partial charge in [0.05, 0.1) is 11.3 Å². The third kappa shape index (κ3) is 4.53. The first kappa shape index (κ1) is 17.8. The summed E-state index contributed by atoms with van der Waals surface area (Å²) in [5, 5.41) is 10.2. The Morgan fingerprint density at radius 1 is 1.36 bits per heavy atom. The van der Waals surface area contributed by atoms with Crippen LogP contribution >= 0.6 is 0 Å². The van der Waals surface area contributed by atoms with Gasteiger partial charge in [-0.2, -0.15) is 0 Å². The molecule has 2 unspecified atom stereocenters. The molecule has 2 N–H and O–H groups in total. The van der Waals surface area contributed by atoms with E-state index in [4.69, 9.17) is 4.74 Å². The lowest BCUT2D eigenvalue weighted by Crippen LogP contribution is -2.42. The standard InChI is InChI=1S/C17H20N2O5S/c20-17(21)15(9-12-6-8-24-10-12)19-25(22,23)11-14-4-1-3-13-5-2-7-18-16(13)14/h1-5,7,12,15,19H,6,8-11H2,(H,20,21). The number of nitrogens with one attached hydrogen (secondary N) is 1. The number of hydrogen-bond donors (Lipinski definition) is 2. The Balaban J connectivity index is 1.76. The molecule has 2 aromatic rings. The van der Waals surface area contributed by atoms with E-state index < -0.39 is 22.0 Å². The Hall–Kier alpha value is -2.03. The smallest absolute Gasteiger partial charge is 0.321 e. The van der Waals surface area contributed by atoms with Gasteiger partial charge in [-0.05, 0) is 30.4 Å². The molecule has 1 aromatic heterocycles. The molecule has 1 fully saturated rings. The van der Waals surface area contributed by atoms with Crippen molar-refractivity contribution in [1.82, 2.24) is 9.71 Å². The predicted molar refractivity (Wildman–Crippen MR) is 92.5 cm³/mol. The van der Waals surface area contributed by atoms with Crippen LogP contribution in [0.5, 0.6) is 0 Å². The van der Waals surface area contributed by atoms with Crippen molar-refractivity contribution in [2.24, 2.45) is 5.92 Å². The number of rotatable bonds is 7. The van der Waals surface area contributed by atoms with Gasteiger partial charge in [0.15, 0.2) is 0 Å². The molecular formula is C17H20N2O5S. The molecule has 1 aliphatic rings. The number of nitrogens with zero attached hydrogens (tertiary/aromatic N) is 1. The van der Waals surface area contributed by atoms with Gasteiger partial charge in [-0.15, -0.1) is 0 Å². The summed E-state index contributed by atoms with van der Waals surface area (Å²) in [6.45, 7) is 1.06. The number of carboxylic acid groups (broad SMARTS) is 1. The number of hydrogen-bond acceptors (Lipinski definition) is 5. The van der Waals surface area contributed by atoms with Gasteiger partial charge in [0.2, 0.25) is 10.0 Å². The second kappa shape index (κ2) is 7.47. The van der Waals surface area contributed by atoms with E-state index in [0.29, 0.717) is 24.3 Å². The van der Waals surface area contributed by atoms with Crippen LogP contribution in [0.1, 0.15) is 18.4 Å². The monoisotopic (exact) mass is 364 g/mol. The molecule has 1 aromatic carbocycles. The van der Waals surface area contributed by atoms with Crippen LogP contribution in [0.15, 0.2) is 36.5 Å². The van der Waals surface area contributed by atoms with Gasteiger partial charge in [0.25, 0.3) is 0 Å². The number of fused-ring (bicyclic) bond motifs is 1. The van der Waals surface area contributed by atoms with Crippen molar-refractivity contribution in [3.05, 3.63) is 42.1 Å². The molecule has 25 heavy (non-hydrogen) atoms. The quantitative estimate of drug-likeness (QED) is 0.772. The zero-order chi connectivity index (χ0) is 17.9. The Labute approximate surface area is 146 Å². The van der Waals surface area contributed by atoms with Crippen molar-refractivity contribution >= 4 is 26.9 Å². The summed E-state index contributed by atoms with van der Waals surface area (Å²) in [6.07, 6.45) is 2.58. The van der Waals surface area contributed by atoms with E-state index >= 15 is 0 Å². The number of ether oxygens (including phenoxy) is 1. The maximum Gasteiger partial charge on any atom is 0.321 e. The van der Waals surface area contributed by atoms with Crippen LogP contribution in [0.3, 0.4) is 0 Å². The van der Waals surface area contributed by atoms with Crippen LogP contribution in [0.2, 0.25) is 0 Å². The maximum atomic E-state index is 12.5.